The summed E-state index contributed by atoms with van der Waals surface area (Å²) in [5, 5.41) is 0. The Morgan fingerprint density at radius 2 is 2.00 bits per heavy atom. The lowest BCUT2D eigenvalue weighted by Crippen LogP contribution is -2.41. The van der Waals surface area contributed by atoms with Gasteiger partial charge in [-0.3, -0.25) is 10.2 Å². The van der Waals surface area contributed by atoms with Crippen molar-refractivity contribution >= 4 is 5.91 Å². The van der Waals surface area contributed by atoms with Crippen LogP contribution in [0.2, 0.25) is 0 Å². The highest BCUT2D eigenvalue weighted by Gasteiger charge is 2.21. The monoisotopic (exact) mass is 253 g/mol. The summed E-state index contributed by atoms with van der Waals surface area (Å²) in [5.41, 5.74) is 12.3. The van der Waals surface area contributed by atoms with E-state index in [0.29, 0.717) is 17.1 Å². The zero-order valence-electron chi connectivity index (χ0n) is 11.0. The maximum atomic E-state index is 11.7. The summed E-state index contributed by atoms with van der Waals surface area (Å²) in [6, 6.07) is 2.68. The van der Waals surface area contributed by atoms with E-state index >= 15 is 0 Å². The second-order valence-electron chi connectivity index (χ2n) is 3.73. The fraction of sp³-hybridized carbons (Fsp3) is 0.417. The van der Waals surface area contributed by atoms with Crippen LogP contribution in [0.3, 0.4) is 0 Å². The Hall–Kier alpha value is -1.79. The summed E-state index contributed by atoms with van der Waals surface area (Å²) in [6.45, 7) is 1.85. The van der Waals surface area contributed by atoms with Crippen molar-refractivity contribution in [1.82, 2.24) is 10.9 Å². The second-order valence-corrected chi connectivity index (χ2v) is 3.73. The molecule has 0 heterocycles. The minimum absolute atomic E-state index is 0.333. The molecule has 6 nitrogen and oxygen atoms in total. The predicted molar refractivity (Wildman–Crippen MR) is 68.4 cm³/mol. The van der Waals surface area contributed by atoms with Gasteiger partial charge in [0.1, 0.15) is 17.5 Å². The number of benzene rings is 1. The number of nitrogens with two attached hydrogens (primary N) is 1. The molecule has 1 aromatic carbocycles. The Bertz CT molecular complexity index is 435. The lowest BCUT2D eigenvalue weighted by molar-refractivity contribution is -0.123. The molecule has 18 heavy (non-hydrogen) atoms. The maximum absolute atomic E-state index is 11.7. The van der Waals surface area contributed by atoms with Crippen molar-refractivity contribution in [2.75, 3.05) is 21.3 Å². The van der Waals surface area contributed by atoms with Crippen molar-refractivity contribution in [3.63, 3.8) is 0 Å². The molecule has 100 valence electrons. The van der Waals surface area contributed by atoms with Gasteiger partial charge in [-0.15, -0.1) is 0 Å². The van der Waals surface area contributed by atoms with E-state index in [0.717, 1.165) is 5.56 Å². The molecule has 1 aromatic rings. The Labute approximate surface area is 106 Å². The third kappa shape index (κ3) is 2.72. The molecule has 0 aliphatic rings. The van der Waals surface area contributed by atoms with Crippen molar-refractivity contribution < 1.29 is 14.3 Å². The SMILES string of the molecule is CNNC(=O)C(N)c1ccc(OC)c(C)c1OC. The number of ether oxygens (including phenoxy) is 2. The van der Waals surface area contributed by atoms with Gasteiger partial charge in [0.25, 0.3) is 5.91 Å². The summed E-state index contributed by atoms with van der Waals surface area (Å²) in [6.07, 6.45) is 0. The van der Waals surface area contributed by atoms with Crippen LogP contribution in [0.5, 0.6) is 11.5 Å². The number of methoxy groups -OCH3 is 2. The van der Waals surface area contributed by atoms with E-state index in [-0.39, 0.29) is 5.91 Å². The Kier molecular flexibility index (Phi) is 4.94. The molecule has 0 radical (unpaired) electrons. The van der Waals surface area contributed by atoms with Gasteiger partial charge < -0.3 is 15.2 Å². The molecule has 0 bridgehead atoms. The number of hydrogen-bond donors (Lipinski definition) is 3. The van der Waals surface area contributed by atoms with Gasteiger partial charge in [0, 0.05) is 18.2 Å². The van der Waals surface area contributed by atoms with Crippen LogP contribution >= 0.6 is 0 Å². The quantitative estimate of drug-likeness (QED) is 0.655. The fourth-order valence-corrected chi connectivity index (χ4v) is 1.77. The van der Waals surface area contributed by atoms with E-state index < -0.39 is 6.04 Å². The highest BCUT2D eigenvalue weighted by Crippen LogP contribution is 2.33. The summed E-state index contributed by atoms with van der Waals surface area (Å²) in [4.78, 5) is 11.7. The summed E-state index contributed by atoms with van der Waals surface area (Å²) >= 11 is 0. The van der Waals surface area contributed by atoms with Crippen molar-refractivity contribution in [3.8, 4) is 11.5 Å². The van der Waals surface area contributed by atoms with E-state index in [2.05, 4.69) is 10.9 Å². The summed E-state index contributed by atoms with van der Waals surface area (Å²) in [7, 11) is 4.71. The van der Waals surface area contributed by atoms with Crippen LogP contribution < -0.4 is 26.1 Å². The molecule has 0 spiro atoms. The number of hydrazine groups is 1. The highest BCUT2D eigenvalue weighted by molar-refractivity contribution is 5.83. The number of nitrogens with one attached hydrogen (secondary N) is 2. The number of amides is 1. The molecule has 0 saturated carbocycles. The maximum Gasteiger partial charge on any atom is 0.255 e. The molecule has 1 amide bonds. The van der Waals surface area contributed by atoms with Crippen LogP contribution in [0.15, 0.2) is 12.1 Å². The van der Waals surface area contributed by atoms with Crippen LogP contribution in [-0.4, -0.2) is 27.2 Å². The Balaban J connectivity index is 3.16. The van der Waals surface area contributed by atoms with Crippen molar-refractivity contribution in [2.24, 2.45) is 5.73 Å². The smallest absolute Gasteiger partial charge is 0.255 e. The standard InChI is InChI=1S/C12H19N3O3/c1-7-9(17-3)6-5-8(11(7)18-4)10(13)12(16)15-14-2/h5-6,10,14H,13H2,1-4H3,(H,15,16). The lowest BCUT2D eigenvalue weighted by Gasteiger charge is -2.18. The minimum Gasteiger partial charge on any atom is -0.496 e. The van der Waals surface area contributed by atoms with E-state index in [1.807, 2.05) is 6.92 Å². The van der Waals surface area contributed by atoms with Crippen LogP contribution in [0, 0.1) is 6.92 Å². The van der Waals surface area contributed by atoms with E-state index in [4.69, 9.17) is 15.2 Å². The first-order chi connectivity index (χ1) is 8.56. The van der Waals surface area contributed by atoms with Gasteiger partial charge >= 0.3 is 0 Å². The first-order valence-corrected chi connectivity index (χ1v) is 5.50. The number of carbonyl (C=O) groups excluding carboxylic acids is 1. The minimum atomic E-state index is -0.808. The van der Waals surface area contributed by atoms with Gasteiger partial charge in [-0.2, -0.15) is 0 Å². The van der Waals surface area contributed by atoms with Crippen molar-refractivity contribution in [2.45, 2.75) is 13.0 Å². The number of rotatable bonds is 5. The van der Waals surface area contributed by atoms with Crippen molar-refractivity contribution in [3.05, 3.63) is 23.3 Å². The van der Waals surface area contributed by atoms with E-state index in [9.17, 15) is 4.79 Å². The first kappa shape index (κ1) is 14.3. The van der Waals surface area contributed by atoms with E-state index in [1.54, 1.807) is 26.3 Å². The van der Waals surface area contributed by atoms with Crippen LogP contribution in [0.25, 0.3) is 0 Å². The van der Waals surface area contributed by atoms with Crippen LogP contribution in [-0.2, 0) is 4.79 Å². The molecule has 0 aliphatic carbocycles. The average Bonchev–Trinajstić information content (AvgIpc) is 2.37. The van der Waals surface area contributed by atoms with Gasteiger partial charge in [0.2, 0.25) is 0 Å². The molecular weight excluding hydrogens is 234 g/mol. The Morgan fingerprint density at radius 1 is 1.33 bits per heavy atom. The number of carbonyl (C=O) groups is 1. The van der Waals surface area contributed by atoms with Gasteiger partial charge in [-0.05, 0) is 19.1 Å². The second kappa shape index (κ2) is 6.23. The van der Waals surface area contributed by atoms with Gasteiger partial charge in [0.05, 0.1) is 14.2 Å². The molecule has 0 aliphatic heterocycles. The molecule has 0 aromatic heterocycles. The van der Waals surface area contributed by atoms with E-state index in [1.165, 1.54) is 7.11 Å². The zero-order valence-corrected chi connectivity index (χ0v) is 11.0. The fourth-order valence-electron chi connectivity index (χ4n) is 1.77. The Morgan fingerprint density at radius 3 is 2.50 bits per heavy atom. The topological polar surface area (TPSA) is 85.6 Å². The zero-order chi connectivity index (χ0) is 13.7. The normalized spacial score (nSPS) is 11.8. The summed E-state index contributed by atoms with van der Waals surface area (Å²) in [5.74, 6) is 0.922. The number of hydrogen-bond acceptors (Lipinski definition) is 5. The molecule has 0 fully saturated rings. The van der Waals surface area contributed by atoms with Gasteiger partial charge in [-0.1, -0.05) is 0 Å². The predicted octanol–water partition coefficient (Wildman–Crippen LogP) is 0.263. The third-order valence-corrected chi connectivity index (χ3v) is 2.68. The van der Waals surface area contributed by atoms with Crippen LogP contribution in [0.1, 0.15) is 17.2 Å². The summed E-state index contributed by atoms with van der Waals surface area (Å²) < 4.78 is 10.5. The molecule has 1 atom stereocenters. The largest absolute Gasteiger partial charge is 0.496 e. The van der Waals surface area contributed by atoms with Gasteiger partial charge in [-0.25, -0.2) is 5.43 Å². The average molecular weight is 253 g/mol. The lowest BCUT2D eigenvalue weighted by atomic mass is 10.0. The molecular formula is C12H19N3O3. The third-order valence-electron chi connectivity index (χ3n) is 2.68. The molecule has 6 heteroatoms. The van der Waals surface area contributed by atoms with Gasteiger partial charge in [0.15, 0.2) is 0 Å². The van der Waals surface area contributed by atoms with Crippen molar-refractivity contribution in [1.29, 1.82) is 0 Å². The molecule has 0 saturated heterocycles. The molecule has 4 N–H and O–H groups in total. The molecule has 1 unspecified atom stereocenters. The highest BCUT2D eigenvalue weighted by atomic mass is 16.5. The first-order valence-electron chi connectivity index (χ1n) is 5.50. The van der Waals surface area contributed by atoms with Crippen LogP contribution in [0.4, 0.5) is 0 Å². The molecule has 1 rings (SSSR count).